The lowest BCUT2D eigenvalue weighted by Crippen LogP contribution is -2.50. The Morgan fingerprint density at radius 3 is 2.67 bits per heavy atom. The first kappa shape index (κ1) is 22.7. The number of piperidine rings is 1. The highest BCUT2D eigenvalue weighted by Crippen LogP contribution is 2.31. The highest BCUT2D eigenvalue weighted by molar-refractivity contribution is 7.98. The van der Waals surface area contributed by atoms with Crippen molar-refractivity contribution in [2.45, 2.75) is 74.8 Å². The third kappa shape index (κ3) is 5.56. The number of amides is 2. The number of hydrogen-bond acceptors (Lipinski definition) is 5. The minimum absolute atomic E-state index is 0.0222. The van der Waals surface area contributed by atoms with Crippen molar-refractivity contribution in [1.29, 1.82) is 0 Å². The molecular weight excluding hydrogens is 400 g/mol. The smallest absolute Gasteiger partial charge is 0.328 e. The number of carbonyl (C=O) groups is 3. The van der Waals surface area contributed by atoms with Crippen molar-refractivity contribution in [3.63, 3.8) is 0 Å². The van der Waals surface area contributed by atoms with Crippen molar-refractivity contribution in [2.24, 2.45) is 0 Å². The van der Waals surface area contributed by atoms with Gasteiger partial charge in [-0.1, -0.05) is 12.1 Å². The normalized spacial score (nSPS) is 23.9. The third-order valence-electron chi connectivity index (χ3n) is 6.14. The number of benzene rings is 1. The van der Waals surface area contributed by atoms with Gasteiger partial charge in [-0.25, -0.2) is 4.79 Å². The van der Waals surface area contributed by atoms with Gasteiger partial charge in [0.15, 0.2) is 0 Å². The molecule has 0 aromatic heterocycles. The van der Waals surface area contributed by atoms with Gasteiger partial charge in [0.05, 0.1) is 6.61 Å². The summed E-state index contributed by atoms with van der Waals surface area (Å²) in [5.74, 6) is -0.278. The summed E-state index contributed by atoms with van der Waals surface area (Å²) in [6.45, 7) is 2.70. The predicted octanol–water partition coefficient (Wildman–Crippen LogP) is 3.32. The summed E-state index contributed by atoms with van der Waals surface area (Å²) >= 11 is 1.70. The van der Waals surface area contributed by atoms with Gasteiger partial charge in [0.25, 0.3) is 0 Å². The van der Waals surface area contributed by atoms with Crippen LogP contribution in [0.2, 0.25) is 0 Å². The second-order valence-electron chi connectivity index (χ2n) is 8.20. The second-order valence-corrected chi connectivity index (χ2v) is 9.08. The lowest BCUT2D eigenvalue weighted by atomic mass is 9.84. The number of esters is 1. The zero-order valence-corrected chi connectivity index (χ0v) is 18.8. The van der Waals surface area contributed by atoms with Crippen LogP contribution in [0.3, 0.4) is 0 Å². The fourth-order valence-corrected chi connectivity index (χ4v) is 4.93. The van der Waals surface area contributed by atoms with Crippen molar-refractivity contribution in [3.8, 4) is 0 Å². The van der Waals surface area contributed by atoms with E-state index in [4.69, 9.17) is 4.74 Å². The van der Waals surface area contributed by atoms with Crippen LogP contribution >= 0.6 is 11.8 Å². The lowest BCUT2D eigenvalue weighted by molar-refractivity contribution is -0.156. The molecule has 2 atom stereocenters. The Balaban J connectivity index is 1.66. The van der Waals surface area contributed by atoms with Crippen LogP contribution in [-0.4, -0.2) is 53.7 Å². The molecule has 2 aliphatic rings. The summed E-state index contributed by atoms with van der Waals surface area (Å²) in [5.41, 5.74) is 0.757. The van der Waals surface area contributed by atoms with Gasteiger partial charge in [-0.05, 0) is 69.4 Å². The third-order valence-corrected chi connectivity index (χ3v) is 6.88. The molecular formula is C23H32N2O4S. The highest BCUT2D eigenvalue weighted by atomic mass is 32.2. The Labute approximate surface area is 183 Å². The molecule has 0 unspecified atom stereocenters. The Hall–Kier alpha value is -2.02. The molecule has 2 heterocycles. The fraction of sp³-hybridized carbons (Fsp3) is 0.609. The van der Waals surface area contributed by atoms with Gasteiger partial charge in [0.1, 0.15) is 6.04 Å². The predicted molar refractivity (Wildman–Crippen MR) is 117 cm³/mol. The molecule has 30 heavy (non-hydrogen) atoms. The first-order chi connectivity index (χ1) is 14.5. The monoisotopic (exact) mass is 432 g/mol. The van der Waals surface area contributed by atoms with E-state index in [2.05, 4.69) is 29.6 Å². The molecule has 0 radical (unpaired) electrons. The molecule has 2 fully saturated rings. The topological polar surface area (TPSA) is 75.7 Å². The fourth-order valence-electron chi connectivity index (χ4n) is 4.52. The molecule has 2 saturated heterocycles. The van der Waals surface area contributed by atoms with E-state index in [1.807, 2.05) is 6.26 Å². The number of hydrogen-bond donors (Lipinski definition) is 1. The van der Waals surface area contributed by atoms with Gasteiger partial charge in [0, 0.05) is 29.8 Å². The number of thioether (sulfide) groups is 1. The summed E-state index contributed by atoms with van der Waals surface area (Å²) in [7, 11) is 0. The van der Waals surface area contributed by atoms with E-state index in [9.17, 15) is 14.4 Å². The average Bonchev–Trinajstić information content (AvgIpc) is 3.13. The van der Waals surface area contributed by atoms with E-state index in [1.54, 1.807) is 23.6 Å². The molecule has 2 aliphatic heterocycles. The maximum absolute atomic E-state index is 13.0. The van der Waals surface area contributed by atoms with Crippen molar-refractivity contribution < 1.29 is 19.1 Å². The van der Waals surface area contributed by atoms with Crippen LogP contribution in [0, 0.1) is 0 Å². The Bertz CT molecular complexity index is 767. The van der Waals surface area contributed by atoms with Gasteiger partial charge in [-0.2, -0.15) is 0 Å². The Morgan fingerprint density at radius 1 is 1.27 bits per heavy atom. The number of carbonyl (C=O) groups excluding carboxylic acids is 3. The van der Waals surface area contributed by atoms with Gasteiger partial charge in [-0.3, -0.25) is 9.59 Å². The number of nitrogens with zero attached hydrogens (tertiary/aromatic N) is 1. The molecule has 0 aliphatic carbocycles. The van der Waals surface area contributed by atoms with Crippen LogP contribution in [0.1, 0.15) is 57.4 Å². The van der Waals surface area contributed by atoms with E-state index < -0.39 is 11.6 Å². The molecule has 7 heteroatoms. The van der Waals surface area contributed by atoms with E-state index in [1.165, 1.54) is 4.90 Å². The molecule has 3 rings (SSSR count). The quantitative estimate of drug-likeness (QED) is 0.504. The zero-order valence-electron chi connectivity index (χ0n) is 17.9. The number of nitrogens with one attached hydrogen (secondary N) is 1. The van der Waals surface area contributed by atoms with E-state index in [-0.39, 0.29) is 17.8 Å². The van der Waals surface area contributed by atoms with E-state index in [0.717, 1.165) is 24.8 Å². The van der Waals surface area contributed by atoms with Crippen LogP contribution < -0.4 is 5.32 Å². The van der Waals surface area contributed by atoms with Gasteiger partial charge in [-0.15, -0.1) is 11.8 Å². The zero-order chi connectivity index (χ0) is 21.6. The van der Waals surface area contributed by atoms with E-state index in [0.29, 0.717) is 45.3 Å². The number of likely N-dealkylation sites (tertiary alicyclic amines) is 1. The molecule has 0 bridgehead atoms. The second kappa shape index (κ2) is 10.3. The van der Waals surface area contributed by atoms with Crippen molar-refractivity contribution in [3.05, 3.63) is 29.8 Å². The van der Waals surface area contributed by atoms with Crippen LogP contribution in [0.15, 0.2) is 29.2 Å². The number of rotatable bonds is 8. The largest absolute Gasteiger partial charge is 0.464 e. The first-order valence-corrected chi connectivity index (χ1v) is 12.1. The summed E-state index contributed by atoms with van der Waals surface area (Å²) in [5, 5.41) is 3.15. The molecule has 2 amide bonds. The van der Waals surface area contributed by atoms with Gasteiger partial charge >= 0.3 is 5.97 Å². The Morgan fingerprint density at radius 2 is 2.03 bits per heavy atom. The van der Waals surface area contributed by atoms with Gasteiger partial charge < -0.3 is 15.0 Å². The van der Waals surface area contributed by atoms with Gasteiger partial charge in [0.2, 0.25) is 11.8 Å². The number of ether oxygens (including phenoxy) is 1. The summed E-state index contributed by atoms with van der Waals surface area (Å²) in [6.07, 6.45) is 7.37. The highest BCUT2D eigenvalue weighted by Gasteiger charge is 2.39. The van der Waals surface area contributed by atoms with Crippen LogP contribution in [0.5, 0.6) is 0 Å². The standard InChI is InChI=1S/C23H32N2O4S/c1-3-29-22(28)19-6-4-5-15-25(19)21(27)12-14-23(13-11-20(26)24-23)16-17-7-9-18(30-2)10-8-17/h7-10,19H,3-6,11-16H2,1-2H3,(H,24,26)/t19-,23+/m1/s1. The maximum atomic E-state index is 13.0. The molecule has 0 saturated carbocycles. The molecule has 6 nitrogen and oxygen atoms in total. The van der Waals surface area contributed by atoms with Crippen molar-refractivity contribution in [2.75, 3.05) is 19.4 Å². The first-order valence-electron chi connectivity index (χ1n) is 10.9. The summed E-state index contributed by atoms with van der Waals surface area (Å²) < 4.78 is 5.18. The SMILES string of the molecule is CCOC(=O)[C@H]1CCCCN1C(=O)CC[C@]1(Cc2ccc(SC)cc2)CCC(=O)N1. The maximum Gasteiger partial charge on any atom is 0.328 e. The molecule has 1 aromatic carbocycles. The molecule has 0 spiro atoms. The molecule has 164 valence electrons. The van der Waals surface area contributed by atoms with Crippen LogP contribution in [0.4, 0.5) is 0 Å². The molecule has 1 aromatic rings. The van der Waals surface area contributed by atoms with Crippen LogP contribution in [0.25, 0.3) is 0 Å². The Kier molecular flexibility index (Phi) is 7.81. The summed E-state index contributed by atoms with van der Waals surface area (Å²) in [6, 6.07) is 7.91. The minimum atomic E-state index is -0.473. The lowest BCUT2D eigenvalue weighted by Gasteiger charge is -2.35. The summed E-state index contributed by atoms with van der Waals surface area (Å²) in [4.78, 5) is 40.3. The van der Waals surface area contributed by atoms with Crippen LogP contribution in [-0.2, 0) is 25.5 Å². The van der Waals surface area contributed by atoms with E-state index >= 15 is 0 Å². The average molecular weight is 433 g/mol. The molecule has 1 N–H and O–H groups in total. The van der Waals surface area contributed by atoms with Crippen molar-refractivity contribution >= 4 is 29.5 Å². The minimum Gasteiger partial charge on any atom is -0.464 e. The van der Waals surface area contributed by atoms with Crippen molar-refractivity contribution in [1.82, 2.24) is 10.2 Å².